The molecular formula is C22H23FN4O. The highest BCUT2D eigenvalue weighted by molar-refractivity contribution is 5.89. The normalized spacial score (nSPS) is 15.0. The number of rotatable bonds is 4. The standard InChI is InChI=1S/C22H23FN4O/c1-15-2-4-16(5-3-15)13-24-22(28)17-8-10-27(11-9-17)21-19-12-18(23)6-7-20(19)25-14-26-21/h2-7,12,14,17H,8-11,13H2,1H3,(H,24,28). The summed E-state index contributed by atoms with van der Waals surface area (Å²) in [7, 11) is 0. The summed E-state index contributed by atoms with van der Waals surface area (Å²) in [6.07, 6.45) is 3.01. The van der Waals surface area contributed by atoms with E-state index in [4.69, 9.17) is 0 Å². The molecule has 4 rings (SSSR count). The lowest BCUT2D eigenvalue weighted by Gasteiger charge is -2.32. The molecule has 6 heteroatoms. The predicted octanol–water partition coefficient (Wildman–Crippen LogP) is 3.61. The van der Waals surface area contributed by atoms with Crippen LogP contribution in [0.1, 0.15) is 24.0 Å². The molecule has 0 saturated carbocycles. The number of nitrogens with zero attached hydrogens (tertiary/aromatic N) is 3. The molecule has 1 aliphatic rings. The highest BCUT2D eigenvalue weighted by atomic mass is 19.1. The SMILES string of the molecule is Cc1ccc(CNC(=O)C2CCN(c3ncnc4ccc(F)cc34)CC2)cc1. The van der Waals surface area contributed by atoms with Crippen molar-refractivity contribution in [1.82, 2.24) is 15.3 Å². The average molecular weight is 378 g/mol. The monoisotopic (exact) mass is 378 g/mol. The van der Waals surface area contributed by atoms with Gasteiger partial charge in [-0.1, -0.05) is 29.8 Å². The minimum Gasteiger partial charge on any atom is -0.356 e. The Morgan fingerprint density at radius 2 is 1.89 bits per heavy atom. The number of fused-ring (bicyclic) bond motifs is 1. The Balaban J connectivity index is 1.37. The van der Waals surface area contributed by atoms with Crippen molar-refractivity contribution in [1.29, 1.82) is 0 Å². The van der Waals surface area contributed by atoms with Crippen molar-refractivity contribution >= 4 is 22.6 Å². The molecule has 1 aliphatic heterocycles. The number of aryl methyl sites for hydroxylation is 1. The van der Waals surface area contributed by atoms with Crippen molar-refractivity contribution < 1.29 is 9.18 Å². The summed E-state index contributed by atoms with van der Waals surface area (Å²) in [5, 5.41) is 3.76. The summed E-state index contributed by atoms with van der Waals surface area (Å²) in [6, 6.07) is 12.7. The molecule has 0 unspecified atom stereocenters. The molecule has 1 amide bonds. The molecular weight excluding hydrogens is 355 g/mol. The van der Waals surface area contributed by atoms with Crippen molar-refractivity contribution in [3.8, 4) is 0 Å². The van der Waals surface area contributed by atoms with Gasteiger partial charge in [-0.25, -0.2) is 14.4 Å². The number of anilines is 1. The second kappa shape index (κ2) is 7.92. The van der Waals surface area contributed by atoms with E-state index >= 15 is 0 Å². The third-order valence-corrected chi connectivity index (χ3v) is 5.33. The number of hydrogen-bond donors (Lipinski definition) is 1. The van der Waals surface area contributed by atoms with E-state index in [0.29, 0.717) is 25.0 Å². The molecule has 0 aliphatic carbocycles. The zero-order chi connectivity index (χ0) is 19.5. The first-order chi connectivity index (χ1) is 13.6. The minimum atomic E-state index is -0.297. The lowest BCUT2D eigenvalue weighted by atomic mass is 9.95. The van der Waals surface area contributed by atoms with E-state index in [0.717, 1.165) is 29.7 Å². The Morgan fingerprint density at radius 3 is 2.64 bits per heavy atom. The van der Waals surface area contributed by atoms with Crippen LogP contribution >= 0.6 is 0 Å². The van der Waals surface area contributed by atoms with Crippen molar-refractivity contribution in [3.05, 3.63) is 65.7 Å². The van der Waals surface area contributed by atoms with Gasteiger partial charge in [0.2, 0.25) is 5.91 Å². The van der Waals surface area contributed by atoms with Crippen LogP contribution in [0.4, 0.5) is 10.2 Å². The van der Waals surface area contributed by atoms with Crippen LogP contribution in [0.3, 0.4) is 0 Å². The van der Waals surface area contributed by atoms with Crippen LogP contribution in [-0.4, -0.2) is 29.0 Å². The van der Waals surface area contributed by atoms with E-state index in [2.05, 4.69) is 32.3 Å². The van der Waals surface area contributed by atoms with Gasteiger partial charge in [0, 0.05) is 30.9 Å². The lowest BCUT2D eigenvalue weighted by Crippen LogP contribution is -2.40. The number of aromatic nitrogens is 2. The fourth-order valence-corrected chi connectivity index (χ4v) is 3.66. The van der Waals surface area contributed by atoms with Gasteiger partial charge in [0.05, 0.1) is 5.52 Å². The predicted molar refractivity (Wildman–Crippen MR) is 107 cm³/mol. The van der Waals surface area contributed by atoms with E-state index in [1.54, 1.807) is 6.07 Å². The van der Waals surface area contributed by atoms with Crippen molar-refractivity contribution in [2.45, 2.75) is 26.3 Å². The third kappa shape index (κ3) is 3.96. The zero-order valence-electron chi connectivity index (χ0n) is 15.9. The number of piperidine rings is 1. The quantitative estimate of drug-likeness (QED) is 0.754. The number of nitrogens with one attached hydrogen (secondary N) is 1. The molecule has 0 spiro atoms. The van der Waals surface area contributed by atoms with Crippen LogP contribution in [0, 0.1) is 18.7 Å². The van der Waals surface area contributed by atoms with Gasteiger partial charge in [0.25, 0.3) is 0 Å². The van der Waals surface area contributed by atoms with Crippen LogP contribution in [-0.2, 0) is 11.3 Å². The van der Waals surface area contributed by atoms with E-state index in [1.807, 2.05) is 19.1 Å². The van der Waals surface area contributed by atoms with Crippen LogP contribution in [0.25, 0.3) is 10.9 Å². The number of carbonyl (C=O) groups is 1. The van der Waals surface area contributed by atoms with Crippen molar-refractivity contribution in [2.75, 3.05) is 18.0 Å². The Kier molecular flexibility index (Phi) is 5.19. The molecule has 1 saturated heterocycles. The largest absolute Gasteiger partial charge is 0.356 e. The summed E-state index contributed by atoms with van der Waals surface area (Å²) in [4.78, 5) is 23.2. The highest BCUT2D eigenvalue weighted by Gasteiger charge is 2.26. The molecule has 0 bridgehead atoms. The first kappa shape index (κ1) is 18.3. The van der Waals surface area contributed by atoms with Crippen molar-refractivity contribution in [3.63, 3.8) is 0 Å². The van der Waals surface area contributed by atoms with Crippen LogP contribution in [0.2, 0.25) is 0 Å². The maximum absolute atomic E-state index is 13.7. The Hall–Kier alpha value is -3.02. The zero-order valence-corrected chi connectivity index (χ0v) is 15.9. The molecule has 28 heavy (non-hydrogen) atoms. The second-order valence-electron chi connectivity index (χ2n) is 7.32. The first-order valence-corrected chi connectivity index (χ1v) is 9.58. The van der Waals surface area contributed by atoms with E-state index in [9.17, 15) is 9.18 Å². The highest BCUT2D eigenvalue weighted by Crippen LogP contribution is 2.28. The number of halogens is 1. The summed E-state index contributed by atoms with van der Waals surface area (Å²) >= 11 is 0. The molecule has 1 N–H and O–H groups in total. The number of hydrogen-bond acceptors (Lipinski definition) is 4. The summed E-state index contributed by atoms with van der Waals surface area (Å²) in [5.74, 6) is 0.530. The van der Waals surface area contributed by atoms with Crippen LogP contribution in [0.5, 0.6) is 0 Å². The van der Waals surface area contributed by atoms with E-state index in [1.165, 1.54) is 24.0 Å². The average Bonchev–Trinajstić information content (AvgIpc) is 2.73. The smallest absolute Gasteiger partial charge is 0.223 e. The Morgan fingerprint density at radius 1 is 1.14 bits per heavy atom. The summed E-state index contributed by atoms with van der Waals surface area (Å²) in [5.41, 5.74) is 3.04. The molecule has 0 atom stereocenters. The van der Waals surface area contributed by atoms with Crippen molar-refractivity contribution in [2.24, 2.45) is 5.92 Å². The second-order valence-corrected chi connectivity index (χ2v) is 7.32. The Bertz CT molecular complexity index is 981. The maximum atomic E-state index is 13.7. The maximum Gasteiger partial charge on any atom is 0.223 e. The number of amides is 1. The van der Waals surface area contributed by atoms with Gasteiger partial charge < -0.3 is 10.2 Å². The fourth-order valence-electron chi connectivity index (χ4n) is 3.66. The molecule has 0 radical (unpaired) electrons. The van der Waals surface area contributed by atoms with Gasteiger partial charge in [-0.2, -0.15) is 0 Å². The molecule has 5 nitrogen and oxygen atoms in total. The van der Waals surface area contributed by atoms with Crippen LogP contribution in [0.15, 0.2) is 48.8 Å². The van der Waals surface area contributed by atoms with E-state index < -0.39 is 0 Å². The molecule has 144 valence electrons. The van der Waals surface area contributed by atoms with Gasteiger partial charge >= 0.3 is 0 Å². The first-order valence-electron chi connectivity index (χ1n) is 9.58. The summed E-state index contributed by atoms with van der Waals surface area (Å²) in [6.45, 7) is 4.02. The molecule has 3 aromatic rings. The minimum absolute atomic E-state index is 0.00784. The van der Waals surface area contributed by atoms with Gasteiger partial charge in [0.15, 0.2) is 0 Å². The van der Waals surface area contributed by atoms with Gasteiger partial charge in [-0.3, -0.25) is 4.79 Å². The number of carbonyl (C=O) groups excluding carboxylic acids is 1. The van der Waals surface area contributed by atoms with Gasteiger partial charge in [-0.15, -0.1) is 0 Å². The molecule has 2 aromatic carbocycles. The topological polar surface area (TPSA) is 58.1 Å². The van der Waals surface area contributed by atoms with Gasteiger partial charge in [0.1, 0.15) is 18.0 Å². The lowest BCUT2D eigenvalue weighted by molar-refractivity contribution is -0.125. The summed E-state index contributed by atoms with van der Waals surface area (Å²) < 4.78 is 13.7. The fraction of sp³-hybridized carbons (Fsp3) is 0.318. The van der Waals surface area contributed by atoms with E-state index in [-0.39, 0.29) is 17.6 Å². The molecule has 1 aromatic heterocycles. The van der Waals surface area contributed by atoms with Gasteiger partial charge in [-0.05, 0) is 43.5 Å². The third-order valence-electron chi connectivity index (χ3n) is 5.33. The molecule has 2 heterocycles. The Labute approximate surface area is 163 Å². The van der Waals surface area contributed by atoms with Crippen LogP contribution < -0.4 is 10.2 Å². The number of benzene rings is 2. The molecule has 1 fully saturated rings.